The van der Waals surface area contributed by atoms with E-state index in [1.54, 1.807) is 0 Å². The molecule has 1 rings (SSSR count). The Morgan fingerprint density at radius 2 is 0.825 bits per heavy atom. The molecule has 0 radical (unpaired) electrons. The molecule has 0 fully saturated rings. The van der Waals surface area contributed by atoms with Crippen molar-refractivity contribution >= 4 is 23.3 Å². The van der Waals surface area contributed by atoms with Gasteiger partial charge in [0.25, 0.3) is 10.9 Å². The van der Waals surface area contributed by atoms with Crippen LogP contribution in [0.25, 0.3) is 0 Å². The van der Waals surface area contributed by atoms with Gasteiger partial charge in [0, 0.05) is 32.5 Å². The molecular weight excluding hydrogens is 787 g/mol. The minimum absolute atomic E-state index is 0.0333. The van der Waals surface area contributed by atoms with Crippen LogP contribution in [0.5, 0.6) is 0 Å². The Labute approximate surface area is 388 Å². The average Bonchev–Trinajstić information content (AvgIpc) is 3.26. The highest BCUT2D eigenvalue weighted by Crippen LogP contribution is 2.23. The van der Waals surface area contributed by atoms with Crippen molar-refractivity contribution in [2.24, 2.45) is 0 Å². The molecule has 0 saturated heterocycles. The molecule has 368 valence electrons. The third-order valence-corrected chi connectivity index (χ3v) is 12.7. The Hall–Kier alpha value is -2.42. The zero-order chi connectivity index (χ0) is 46.2. The predicted molar refractivity (Wildman–Crippen MR) is 269 cm³/mol. The zero-order valence-corrected chi connectivity index (χ0v) is 42.3. The summed E-state index contributed by atoms with van der Waals surface area (Å²) in [5, 5.41) is 3.32. The summed E-state index contributed by atoms with van der Waals surface area (Å²) in [7, 11) is 4.13. The van der Waals surface area contributed by atoms with Crippen molar-refractivity contribution < 1.29 is 19.1 Å². The van der Waals surface area contributed by atoms with Gasteiger partial charge in [-0.2, -0.15) is 0 Å². The van der Waals surface area contributed by atoms with E-state index in [4.69, 9.17) is 9.47 Å². The van der Waals surface area contributed by atoms with E-state index in [1.165, 1.54) is 89.9 Å². The molecule has 1 unspecified atom stereocenters. The number of nitrogens with one attached hydrogen (secondary N) is 1. The molecule has 9 heteroatoms. The molecule has 0 aromatic heterocycles. The first kappa shape index (κ1) is 58.6. The number of anilines is 2. The van der Waals surface area contributed by atoms with Crippen LogP contribution in [-0.2, 0) is 19.1 Å². The second kappa shape index (κ2) is 41.0. The van der Waals surface area contributed by atoms with Crippen LogP contribution in [0.3, 0.4) is 0 Å². The fourth-order valence-corrected chi connectivity index (χ4v) is 8.77. The van der Waals surface area contributed by atoms with Crippen molar-refractivity contribution in [3.8, 4) is 0 Å². The van der Waals surface area contributed by atoms with E-state index in [-0.39, 0.29) is 35.0 Å². The lowest BCUT2D eigenvalue weighted by atomic mass is 10.0. The van der Waals surface area contributed by atoms with Gasteiger partial charge in [0.1, 0.15) is 23.6 Å². The van der Waals surface area contributed by atoms with Crippen molar-refractivity contribution in [3.05, 3.63) is 20.4 Å². The summed E-state index contributed by atoms with van der Waals surface area (Å²) in [4.78, 5) is 55.6. The van der Waals surface area contributed by atoms with Gasteiger partial charge in [-0.15, -0.1) is 0 Å². The van der Waals surface area contributed by atoms with Crippen molar-refractivity contribution in [1.29, 1.82) is 0 Å². The van der Waals surface area contributed by atoms with Crippen LogP contribution in [0.1, 0.15) is 259 Å². The first-order chi connectivity index (χ1) is 30.7. The maximum atomic E-state index is 13.0. The fraction of sp³-hybridized carbons (Fsp3) is 0.889. The number of hydrogen-bond acceptors (Lipinski definition) is 9. The van der Waals surface area contributed by atoms with Crippen LogP contribution in [0, 0.1) is 0 Å². The minimum atomic E-state index is -0.389. The monoisotopic (exact) mass is 888 g/mol. The van der Waals surface area contributed by atoms with Crippen LogP contribution in [0.15, 0.2) is 9.59 Å². The van der Waals surface area contributed by atoms with Crippen molar-refractivity contribution in [2.45, 2.75) is 271 Å². The summed E-state index contributed by atoms with van der Waals surface area (Å²) >= 11 is 0. The number of hydrogen-bond donors (Lipinski definition) is 1. The summed E-state index contributed by atoms with van der Waals surface area (Å²) in [6.45, 7) is 12.0. The van der Waals surface area contributed by atoms with Crippen LogP contribution >= 0.6 is 0 Å². The number of ether oxygens (including phenoxy) is 2. The Kier molecular flexibility index (Phi) is 38.2. The topological polar surface area (TPSA) is 105 Å². The summed E-state index contributed by atoms with van der Waals surface area (Å²) in [6, 6.07) is 0. The van der Waals surface area contributed by atoms with Crippen molar-refractivity contribution in [1.82, 2.24) is 4.90 Å². The Balaban J connectivity index is 2.59. The molecule has 63 heavy (non-hydrogen) atoms. The number of unbranched alkanes of at least 4 members (excludes halogenated alkanes) is 23. The lowest BCUT2D eigenvalue weighted by Crippen LogP contribution is -2.43. The third kappa shape index (κ3) is 31.2. The molecule has 0 aliphatic heterocycles. The first-order valence-corrected chi connectivity index (χ1v) is 27.0. The minimum Gasteiger partial charge on any atom is -0.462 e. The molecule has 0 heterocycles. The van der Waals surface area contributed by atoms with Gasteiger partial charge in [0.05, 0.1) is 0 Å². The van der Waals surface area contributed by atoms with E-state index in [0.717, 1.165) is 148 Å². The largest absolute Gasteiger partial charge is 0.462 e. The van der Waals surface area contributed by atoms with Gasteiger partial charge in [0.15, 0.2) is 0 Å². The Morgan fingerprint density at radius 1 is 0.444 bits per heavy atom. The SMILES string of the molecule is CCCCCCCCC(CCCCCCCC)OC(=O)CCCCCCCN(CCCCCCCC(=O)OC(CCC)CCCCCCC)c1c(NCCCCN(C)C)c(=O)c1=O. The second-order valence-corrected chi connectivity index (χ2v) is 19.2. The molecule has 0 spiro atoms. The van der Waals surface area contributed by atoms with E-state index in [9.17, 15) is 19.2 Å². The zero-order valence-electron chi connectivity index (χ0n) is 42.3. The van der Waals surface area contributed by atoms with Gasteiger partial charge < -0.3 is 24.6 Å². The Morgan fingerprint density at radius 3 is 1.25 bits per heavy atom. The summed E-state index contributed by atoms with van der Waals surface area (Å²) in [6.07, 6.45) is 38.9. The predicted octanol–water partition coefficient (Wildman–Crippen LogP) is 14.0. The normalized spacial score (nSPS) is 12.1. The summed E-state index contributed by atoms with van der Waals surface area (Å²) in [5.74, 6) is -0.0877. The van der Waals surface area contributed by atoms with Crippen LogP contribution < -0.4 is 21.1 Å². The van der Waals surface area contributed by atoms with Gasteiger partial charge in [-0.25, -0.2) is 0 Å². The molecule has 0 aliphatic carbocycles. The van der Waals surface area contributed by atoms with Crippen LogP contribution in [0.2, 0.25) is 0 Å². The van der Waals surface area contributed by atoms with Gasteiger partial charge >= 0.3 is 11.9 Å². The van der Waals surface area contributed by atoms with Gasteiger partial charge in [-0.3, -0.25) is 19.2 Å². The molecule has 1 atom stereocenters. The number of esters is 2. The lowest BCUT2D eigenvalue weighted by Gasteiger charge is -2.28. The number of rotatable bonds is 47. The molecular formula is C54H101N3O6. The Bertz CT molecular complexity index is 1280. The average molecular weight is 888 g/mol. The van der Waals surface area contributed by atoms with E-state index >= 15 is 0 Å². The fourth-order valence-electron chi connectivity index (χ4n) is 8.77. The molecule has 0 bridgehead atoms. The molecule has 1 aromatic rings. The standard InChI is InChI=1S/C54H101N3O6/c1-7-11-14-17-22-29-39-48(40-30-23-18-15-12-8-2)63-50(59)42-32-25-20-27-35-46-57(52-51(53(60)54(52)61)55-43-33-36-44-56(5)6)45-34-26-19-24-31-41-49(58)62-47(37-10-4)38-28-21-16-13-9-3/h47-48,55H,7-46H2,1-6H3. The number of nitrogens with zero attached hydrogens (tertiary/aromatic N) is 2. The van der Waals surface area contributed by atoms with Crippen LogP contribution in [-0.4, -0.2) is 69.3 Å². The van der Waals surface area contributed by atoms with Crippen LogP contribution in [0.4, 0.5) is 11.4 Å². The second-order valence-electron chi connectivity index (χ2n) is 19.2. The summed E-state index contributed by atoms with van der Waals surface area (Å²) in [5.41, 5.74) is 0.314. The molecule has 0 aliphatic rings. The lowest BCUT2D eigenvalue weighted by molar-refractivity contribution is -0.151. The molecule has 1 N–H and O–H groups in total. The van der Waals surface area contributed by atoms with Gasteiger partial charge in [0.2, 0.25) is 0 Å². The third-order valence-electron chi connectivity index (χ3n) is 12.7. The summed E-state index contributed by atoms with van der Waals surface area (Å²) < 4.78 is 12.0. The maximum absolute atomic E-state index is 13.0. The number of carbonyl (C=O) groups excluding carboxylic acids is 2. The highest BCUT2D eigenvalue weighted by molar-refractivity contribution is 5.75. The molecule has 1 aromatic carbocycles. The van der Waals surface area contributed by atoms with E-state index in [1.807, 2.05) is 0 Å². The maximum Gasteiger partial charge on any atom is 0.306 e. The number of carbonyl (C=O) groups is 2. The van der Waals surface area contributed by atoms with Gasteiger partial charge in [-0.1, -0.05) is 163 Å². The van der Waals surface area contributed by atoms with Gasteiger partial charge in [-0.05, 0) is 104 Å². The quantitative estimate of drug-likeness (QED) is 0.0389. The van der Waals surface area contributed by atoms with E-state index in [2.05, 4.69) is 56.9 Å². The first-order valence-electron chi connectivity index (χ1n) is 27.0. The molecule has 9 nitrogen and oxygen atoms in total. The van der Waals surface area contributed by atoms with Crippen molar-refractivity contribution in [2.75, 3.05) is 50.5 Å². The van der Waals surface area contributed by atoms with Crippen molar-refractivity contribution in [3.63, 3.8) is 0 Å². The highest BCUT2D eigenvalue weighted by Gasteiger charge is 2.25. The van der Waals surface area contributed by atoms with E-state index in [0.29, 0.717) is 30.8 Å². The molecule has 0 amide bonds. The molecule has 0 saturated carbocycles. The smallest absolute Gasteiger partial charge is 0.306 e. The highest BCUT2D eigenvalue weighted by atomic mass is 16.5. The van der Waals surface area contributed by atoms with E-state index < -0.39 is 0 Å².